The highest BCUT2D eigenvalue weighted by Crippen LogP contribution is 2.38. The predicted octanol–water partition coefficient (Wildman–Crippen LogP) is 1.61. The Kier molecular flexibility index (Phi) is 3.18. The van der Waals surface area contributed by atoms with Gasteiger partial charge in [0.25, 0.3) is 0 Å². The Hall–Kier alpha value is -1.56. The van der Waals surface area contributed by atoms with E-state index in [1.807, 2.05) is 0 Å². The van der Waals surface area contributed by atoms with Gasteiger partial charge in [-0.05, 0) is 24.7 Å². The normalized spacial score (nSPS) is 29.3. The van der Waals surface area contributed by atoms with E-state index in [1.54, 1.807) is 6.07 Å². The van der Waals surface area contributed by atoms with Gasteiger partial charge in [0.05, 0.1) is 0 Å². The molecule has 1 aliphatic carbocycles. The van der Waals surface area contributed by atoms with Crippen LogP contribution in [-0.4, -0.2) is 40.3 Å². The summed E-state index contributed by atoms with van der Waals surface area (Å²) in [6, 6.07) is 1.83. The van der Waals surface area contributed by atoms with Crippen LogP contribution in [-0.2, 0) is 0 Å². The van der Waals surface area contributed by atoms with Crippen molar-refractivity contribution in [1.29, 1.82) is 0 Å². The molecular weight excluding hydrogens is 268 g/mol. The van der Waals surface area contributed by atoms with Crippen molar-refractivity contribution < 1.29 is 9.90 Å². The topological polar surface area (TPSA) is 78.4 Å². The van der Waals surface area contributed by atoms with Gasteiger partial charge in [0, 0.05) is 25.2 Å². The van der Waals surface area contributed by atoms with E-state index >= 15 is 0 Å². The molecular formula is C12H15ClN4O2. The summed E-state index contributed by atoms with van der Waals surface area (Å²) in [7, 11) is 0. The SMILES string of the molecule is O=C(O)N[C@H]1[C@@H]2CC[C@H]1CN(c1cc(Cl)ncn1)C2. The van der Waals surface area contributed by atoms with E-state index in [0.717, 1.165) is 31.7 Å². The number of rotatable bonds is 2. The summed E-state index contributed by atoms with van der Waals surface area (Å²) in [6.07, 6.45) is 2.65. The number of anilines is 1. The molecule has 0 aromatic carbocycles. The zero-order chi connectivity index (χ0) is 13.4. The maximum Gasteiger partial charge on any atom is 0.404 e. The summed E-state index contributed by atoms with van der Waals surface area (Å²) in [5.41, 5.74) is 0. The molecule has 2 N–H and O–H groups in total. The molecule has 1 saturated carbocycles. The molecule has 0 unspecified atom stereocenters. The van der Waals surface area contributed by atoms with Crippen LogP contribution >= 0.6 is 11.6 Å². The second kappa shape index (κ2) is 4.85. The minimum Gasteiger partial charge on any atom is -0.465 e. The number of hydrogen-bond acceptors (Lipinski definition) is 4. The second-order valence-electron chi connectivity index (χ2n) is 5.18. The highest BCUT2D eigenvalue weighted by atomic mass is 35.5. The summed E-state index contributed by atoms with van der Waals surface area (Å²) < 4.78 is 0. The quantitative estimate of drug-likeness (QED) is 0.806. The predicted molar refractivity (Wildman–Crippen MR) is 70.4 cm³/mol. The molecule has 1 aromatic rings. The zero-order valence-corrected chi connectivity index (χ0v) is 11.0. The summed E-state index contributed by atoms with van der Waals surface area (Å²) in [4.78, 5) is 21.1. The number of nitrogens with zero attached hydrogens (tertiary/aromatic N) is 3. The zero-order valence-electron chi connectivity index (χ0n) is 10.3. The average Bonchev–Trinajstić information content (AvgIpc) is 2.61. The summed E-state index contributed by atoms with van der Waals surface area (Å²) >= 11 is 5.88. The number of hydrogen-bond donors (Lipinski definition) is 2. The minimum atomic E-state index is -0.930. The van der Waals surface area contributed by atoms with Crippen LogP contribution < -0.4 is 10.2 Å². The lowest BCUT2D eigenvalue weighted by Crippen LogP contribution is -2.52. The van der Waals surface area contributed by atoms with Crippen molar-refractivity contribution in [2.75, 3.05) is 18.0 Å². The van der Waals surface area contributed by atoms with Gasteiger partial charge < -0.3 is 15.3 Å². The first-order valence-corrected chi connectivity index (χ1v) is 6.73. The lowest BCUT2D eigenvalue weighted by atomic mass is 9.92. The van der Waals surface area contributed by atoms with E-state index in [4.69, 9.17) is 16.7 Å². The summed E-state index contributed by atoms with van der Waals surface area (Å²) in [5.74, 6) is 1.53. The molecule has 7 heteroatoms. The molecule has 1 saturated heterocycles. The van der Waals surface area contributed by atoms with Crippen LogP contribution in [0.25, 0.3) is 0 Å². The van der Waals surface area contributed by atoms with Gasteiger partial charge in [0.1, 0.15) is 17.3 Å². The van der Waals surface area contributed by atoms with Crippen molar-refractivity contribution in [3.05, 3.63) is 17.5 Å². The molecule has 0 radical (unpaired) electrons. The smallest absolute Gasteiger partial charge is 0.404 e. The monoisotopic (exact) mass is 282 g/mol. The maximum atomic E-state index is 10.8. The Morgan fingerprint density at radius 1 is 1.37 bits per heavy atom. The summed E-state index contributed by atoms with van der Waals surface area (Å²) in [6.45, 7) is 1.63. The number of amides is 1. The number of carboxylic acid groups (broad SMARTS) is 1. The minimum absolute atomic E-state index is 0.0751. The van der Waals surface area contributed by atoms with Gasteiger partial charge in [0.15, 0.2) is 0 Å². The van der Waals surface area contributed by atoms with E-state index in [1.165, 1.54) is 6.33 Å². The number of carbonyl (C=O) groups is 1. The first kappa shape index (κ1) is 12.5. The molecule has 1 aromatic heterocycles. The second-order valence-corrected chi connectivity index (χ2v) is 5.56. The molecule has 19 heavy (non-hydrogen) atoms. The fourth-order valence-corrected chi connectivity index (χ4v) is 3.43. The van der Waals surface area contributed by atoms with E-state index < -0.39 is 6.09 Å². The lowest BCUT2D eigenvalue weighted by Gasteiger charge is -2.38. The van der Waals surface area contributed by atoms with Crippen molar-refractivity contribution in [1.82, 2.24) is 15.3 Å². The van der Waals surface area contributed by atoms with E-state index in [-0.39, 0.29) is 6.04 Å². The molecule has 2 fully saturated rings. The van der Waals surface area contributed by atoms with Crippen LogP contribution in [0.15, 0.2) is 12.4 Å². The number of fused-ring (bicyclic) bond motifs is 2. The molecule has 2 aliphatic rings. The van der Waals surface area contributed by atoms with Crippen molar-refractivity contribution in [3.8, 4) is 0 Å². The molecule has 1 amide bonds. The largest absolute Gasteiger partial charge is 0.465 e. The van der Waals surface area contributed by atoms with Crippen LogP contribution in [0.2, 0.25) is 5.15 Å². The molecule has 3 atom stereocenters. The number of aromatic nitrogens is 2. The molecule has 6 nitrogen and oxygen atoms in total. The fourth-order valence-electron chi connectivity index (χ4n) is 3.29. The average molecular weight is 283 g/mol. The maximum absolute atomic E-state index is 10.8. The van der Waals surface area contributed by atoms with E-state index in [2.05, 4.69) is 20.2 Å². The van der Waals surface area contributed by atoms with Crippen molar-refractivity contribution >= 4 is 23.5 Å². The molecule has 2 bridgehead atoms. The third kappa shape index (κ3) is 2.45. The number of nitrogens with one attached hydrogen (secondary N) is 1. The standard InChI is InChI=1S/C12H15ClN4O2/c13-9-3-10(15-6-14-9)17-4-7-1-2-8(5-17)11(7)16-12(18)19/h3,6-8,11,16H,1-2,4-5H2,(H,18,19)/t7-,8+,11+. The van der Waals surface area contributed by atoms with Crippen molar-refractivity contribution in [2.24, 2.45) is 11.8 Å². The Balaban J connectivity index is 1.75. The Labute approximate surface area is 115 Å². The van der Waals surface area contributed by atoms with Crippen LogP contribution in [0.3, 0.4) is 0 Å². The molecule has 0 spiro atoms. The van der Waals surface area contributed by atoms with Crippen molar-refractivity contribution in [2.45, 2.75) is 18.9 Å². The van der Waals surface area contributed by atoms with Gasteiger partial charge in [-0.15, -0.1) is 0 Å². The van der Waals surface area contributed by atoms with Gasteiger partial charge in [-0.25, -0.2) is 14.8 Å². The van der Waals surface area contributed by atoms with Crippen LogP contribution in [0.4, 0.5) is 10.6 Å². The Morgan fingerprint density at radius 3 is 2.63 bits per heavy atom. The van der Waals surface area contributed by atoms with Gasteiger partial charge in [-0.1, -0.05) is 11.6 Å². The molecule has 1 aliphatic heterocycles. The highest BCUT2D eigenvalue weighted by molar-refractivity contribution is 6.29. The van der Waals surface area contributed by atoms with Crippen LogP contribution in [0.1, 0.15) is 12.8 Å². The van der Waals surface area contributed by atoms with Crippen molar-refractivity contribution in [3.63, 3.8) is 0 Å². The number of piperidine rings is 1. The van der Waals surface area contributed by atoms with Gasteiger partial charge in [-0.2, -0.15) is 0 Å². The molecule has 2 heterocycles. The summed E-state index contributed by atoms with van der Waals surface area (Å²) in [5, 5.41) is 12.0. The van der Waals surface area contributed by atoms with Gasteiger partial charge in [0.2, 0.25) is 0 Å². The first-order valence-electron chi connectivity index (χ1n) is 6.35. The third-order valence-electron chi connectivity index (χ3n) is 4.07. The van der Waals surface area contributed by atoms with E-state index in [0.29, 0.717) is 17.0 Å². The van der Waals surface area contributed by atoms with E-state index in [9.17, 15) is 4.79 Å². The lowest BCUT2D eigenvalue weighted by molar-refractivity contribution is 0.178. The third-order valence-corrected chi connectivity index (χ3v) is 4.27. The van der Waals surface area contributed by atoms with Gasteiger partial charge >= 0.3 is 6.09 Å². The Bertz CT molecular complexity index is 484. The highest BCUT2D eigenvalue weighted by Gasteiger charge is 2.43. The molecule has 3 rings (SSSR count). The first-order chi connectivity index (χ1) is 9.13. The van der Waals surface area contributed by atoms with Crippen LogP contribution in [0.5, 0.6) is 0 Å². The van der Waals surface area contributed by atoms with Crippen LogP contribution in [0, 0.1) is 11.8 Å². The van der Waals surface area contributed by atoms with Gasteiger partial charge in [-0.3, -0.25) is 0 Å². The number of halogens is 1. The fraction of sp³-hybridized carbons (Fsp3) is 0.583. The Morgan fingerprint density at radius 2 is 2.05 bits per heavy atom. The molecule has 102 valence electrons.